The smallest absolute Gasteiger partial charge is 0.407 e. The highest BCUT2D eigenvalue weighted by atomic mass is 19.1. The number of pyridine rings is 1. The number of alkyl carbamates (subject to hydrolysis) is 1. The Labute approximate surface area is 237 Å². The number of rotatable bonds is 10. The van der Waals surface area contributed by atoms with E-state index in [9.17, 15) is 14.0 Å². The van der Waals surface area contributed by atoms with Crippen molar-refractivity contribution in [1.82, 2.24) is 24.9 Å². The van der Waals surface area contributed by atoms with E-state index in [1.54, 1.807) is 40.8 Å². The van der Waals surface area contributed by atoms with E-state index in [0.29, 0.717) is 43.3 Å². The molecule has 0 aliphatic carbocycles. The topological polar surface area (TPSA) is 141 Å². The van der Waals surface area contributed by atoms with Crippen molar-refractivity contribution in [2.24, 2.45) is 0 Å². The fourth-order valence-corrected chi connectivity index (χ4v) is 4.07. The van der Waals surface area contributed by atoms with Gasteiger partial charge in [-0.05, 0) is 40.7 Å². The summed E-state index contributed by atoms with van der Waals surface area (Å²) in [6.07, 6.45) is 3.21. The minimum atomic E-state index is -0.628. The van der Waals surface area contributed by atoms with Crippen molar-refractivity contribution in [2.45, 2.75) is 52.9 Å². The quantitative estimate of drug-likeness (QED) is 0.346. The van der Waals surface area contributed by atoms with E-state index >= 15 is 0 Å². The summed E-state index contributed by atoms with van der Waals surface area (Å²) in [7, 11) is 0. The third-order valence-electron chi connectivity index (χ3n) is 5.90. The maximum absolute atomic E-state index is 14.3. The molecule has 41 heavy (non-hydrogen) atoms. The summed E-state index contributed by atoms with van der Waals surface area (Å²) in [6.45, 7) is 11.6. The molecule has 13 nitrogen and oxygen atoms in total. The minimum Gasteiger partial charge on any atom is -0.473 e. The van der Waals surface area contributed by atoms with Crippen molar-refractivity contribution >= 4 is 29.2 Å². The van der Waals surface area contributed by atoms with Crippen LogP contribution in [0, 0.1) is 5.82 Å². The number of nitrogens with zero attached hydrogens (tertiary/aromatic N) is 5. The average molecular weight is 574 g/mol. The molecule has 4 heterocycles. The fraction of sp³-hybridized carbons (Fsp3) is 0.519. The molecule has 3 aromatic heterocycles. The van der Waals surface area contributed by atoms with Crippen molar-refractivity contribution in [3.8, 4) is 5.88 Å². The number of ether oxygens (including phenoxy) is 4. The molecule has 1 aliphatic heterocycles. The maximum atomic E-state index is 14.3. The van der Waals surface area contributed by atoms with Gasteiger partial charge in [-0.15, -0.1) is 0 Å². The van der Waals surface area contributed by atoms with E-state index in [4.69, 9.17) is 23.9 Å². The van der Waals surface area contributed by atoms with Gasteiger partial charge >= 0.3 is 12.1 Å². The lowest BCUT2D eigenvalue weighted by atomic mass is 10.2. The van der Waals surface area contributed by atoms with Gasteiger partial charge in [0.15, 0.2) is 11.5 Å². The van der Waals surface area contributed by atoms with E-state index in [1.807, 2.05) is 0 Å². The summed E-state index contributed by atoms with van der Waals surface area (Å²) in [4.78, 5) is 35.4. The summed E-state index contributed by atoms with van der Waals surface area (Å²) in [5.74, 6) is -0.409. The van der Waals surface area contributed by atoms with Crippen LogP contribution < -0.4 is 20.3 Å². The first-order valence-corrected chi connectivity index (χ1v) is 13.4. The predicted molar refractivity (Wildman–Crippen MR) is 148 cm³/mol. The largest absolute Gasteiger partial charge is 0.473 e. The van der Waals surface area contributed by atoms with Gasteiger partial charge in [0.25, 0.3) is 0 Å². The minimum absolute atomic E-state index is 0.107. The van der Waals surface area contributed by atoms with Gasteiger partial charge in [0, 0.05) is 25.2 Å². The Hall–Kier alpha value is -4.20. The molecule has 1 aliphatic rings. The predicted octanol–water partition coefficient (Wildman–Crippen LogP) is 3.18. The van der Waals surface area contributed by atoms with E-state index in [0.717, 1.165) is 11.9 Å². The molecule has 0 aromatic carbocycles. The lowest BCUT2D eigenvalue weighted by Gasteiger charge is -2.30. The van der Waals surface area contributed by atoms with Gasteiger partial charge in [-0.2, -0.15) is 5.10 Å². The normalized spacial score (nSPS) is 14.4. The Morgan fingerprint density at radius 1 is 1.22 bits per heavy atom. The SMILES string of the molecule is CCOC(=O)c1cnn2cc(N3CCOCC3)c(NCc3cc(F)cnc3OC(C)CNC(=O)OC(C)(C)C)nc12. The van der Waals surface area contributed by atoms with Crippen LogP contribution in [0.2, 0.25) is 0 Å². The van der Waals surface area contributed by atoms with Gasteiger partial charge in [0.2, 0.25) is 5.88 Å². The highest BCUT2D eigenvalue weighted by Gasteiger charge is 2.23. The fourth-order valence-electron chi connectivity index (χ4n) is 4.07. The molecule has 14 heteroatoms. The van der Waals surface area contributed by atoms with Crippen LogP contribution in [0.4, 0.5) is 20.7 Å². The molecule has 1 fully saturated rings. The summed E-state index contributed by atoms with van der Waals surface area (Å²) in [6, 6.07) is 1.32. The Morgan fingerprint density at radius 3 is 2.68 bits per heavy atom. The maximum Gasteiger partial charge on any atom is 0.407 e. The number of esters is 1. The van der Waals surface area contributed by atoms with Gasteiger partial charge in [-0.25, -0.2) is 28.5 Å². The van der Waals surface area contributed by atoms with E-state index in [-0.39, 0.29) is 31.1 Å². The summed E-state index contributed by atoms with van der Waals surface area (Å²) in [5.41, 5.74) is 1.09. The summed E-state index contributed by atoms with van der Waals surface area (Å²) >= 11 is 0. The molecule has 0 saturated carbocycles. The monoisotopic (exact) mass is 573 g/mol. The Bertz CT molecular complexity index is 1370. The van der Waals surface area contributed by atoms with Crippen LogP contribution in [0.1, 0.15) is 50.5 Å². The molecule has 0 bridgehead atoms. The van der Waals surface area contributed by atoms with Crippen molar-refractivity contribution < 1.29 is 32.9 Å². The van der Waals surface area contributed by atoms with E-state index in [1.165, 1.54) is 16.8 Å². The molecular weight excluding hydrogens is 537 g/mol. The Kier molecular flexibility index (Phi) is 9.42. The van der Waals surface area contributed by atoms with Gasteiger partial charge < -0.3 is 34.5 Å². The summed E-state index contributed by atoms with van der Waals surface area (Å²) in [5, 5.41) is 10.2. The highest BCUT2D eigenvalue weighted by Crippen LogP contribution is 2.28. The van der Waals surface area contributed by atoms with Gasteiger partial charge in [0.05, 0.1) is 50.6 Å². The van der Waals surface area contributed by atoms with Crippen molar-refractivity contribution in [3.63, 3.8) is 0 Å². The van der Waals surface area contributed by atoms with Crippen LogP contribution in [0.5, 0.6) is 5.88 Å². The average Bonchev–Trinajstić information content (AvgIpc) is 3.34. The van der Waals surface area contributed by atoms with Crippen LogP contribution in [0.15, 0.2) is 24.7 Å². The number of hydrogen-bond acceptors (Lipinski definition) is 11. The number of aromatic nitrogens is 4. The zero-order valence-corrected chi connectivity index (χ0v) is 23.9. The zero-order valence-electron chi connectivity index (χ0n) is 23.9. The molecule has 2 N–H and O–H groups in total. The van der Waals surface area contributed by atoms with E-state index in [2.05, 4.69) is 25.6 Å². The van der Waals surface area contributed by atoms with Crippen molar-refractivity contribution in [3.05, 3.63) is 41.6 Å². The molecule has 222 valence electrons. The number of carbonyl (C=O) groups excluding carboxylic acids is 2. The number of anilines is 2. The summed E-state index contributed by atoms with van der Waals surface area (Å²) < 4.78 is 37.6. The van der Waals surface area contributed by atoms with Crippen molar-refractivity contribution in [2.75, 3.05) is 49.7 Å². The first-order chi connectivity index (χ1) is 19.5. The van der Waals surface area contributed by atoms with Gasteiger partial charge in [0.1, 0.15) is 23.1 Å². The molecule has 4 rings (SSSR count). The first-order valence-electron chi connectivity index (χ1n) is 13.4. The number of amides is 1. The number of carbonyl (C=O) groups is 2. The molecule has 0 radical (unpaired) electrons. The molecule has 1 saturated heterocycles. The molecule has 1 atom stereocenters. The number of nitrogens with one attached hydrogen (secondary N) is 2. The first kappa shape index (κ1) is 29.8. The van der Waals surface area contributed by atoms with Gasteiger partial charge in [-0.3, -0.25) is 0 Å². The Morgan fingerprint density at radius 2 is 1.98 bits per heavy atom. The zero-order chi connectivity index (χ0) is 29.6. The standard InChI is InChI=1S/C27H36FN7O6/c1-6-39-25(36)20-15-32-35-16-21(34-7-9-38-10-8-34)22(33-23(20)35)29-13-18-11-19(28)14-30-24(18)40-17(2)12-31-26(37)41-27(3,4)5/h11,14-17H,6-10,12-13H2,1-5H3,(H,29,33)(H,31,37). The number of hydrogen-bond donors (Lipinski definition) is 2. The second-order valence-electron chi connectivity index (χ2n) is 10.4. The second kappa shape index (κ2) is 13.0. The molecule has 1 unspecified atom stereocenters. The lowest BCUT2D eigenvalue weighted by Crippen LogP contribution is -2.38. The Balaban J connectivity index is 1.55. The number of morpholine rings is 1. The van der Waals surface area contributed by atoms with Crippen LogP contribution in [-0.2, 0) is 20.8 Å². The van der Waals surface area contributed by atoms with Gasteiger partial charge in [-0.1, -0.05) is 0 Å². The van der Waals surface area contributed by atoms with Crippen LogP contribution >= 0.6 is 0 Å². The molecule has 0 spiro atoms. The van der Waals surface area contributed by atoms with Crippen LogP contribution in [0.25, 0.3) is 5.65 Å². The number of fused-ring (bicyclic) bond motifs is 1. The molecule has 3 aromatic rings. The van der Waals surface area contributed by atoms with Crippen molar-refractivity contribution in [1.29, 1.82) is 0 Å². The molecule has 1 amide bonds. The van der Waals surface area contributed by atoms with E-state index < -0.39 is 29.6 Å². The number of halogens is 1. The van der Waals surface area contributed by atoms with Crippen LogP contribution in [-0.4, -0.2) is 82.8 Å². The third-order valence-corrected chi connectivity index (χ3v) is 5.90. The highest BCUT2D eigenvalue weighted by molar-refractivity contribution is 5.96. The second-order valence-corrected chi connectivity index (χ2v) is 10.4. The molecular formula is C27H36FN7O6. The van der Waals surface area contributed by atoms with Crippen LogP contribution in [0.3, 0.4) is 0 Å². The lowest BCUT2D eigenvalue weighted by molar-refractivity contribution is 0.0500. The third kappa shape index (κ3) is 7.93.